The molecule has 74 heavy (non-hydrogen) atoms. The number of guanidine groups is 4. The Labute approximate surface area is 432 Å². The lowest BCUT2D eigenvalue weighted by molar-refractivity contribution is -0.142. The van der Waals surface area contributed by atoms with E-state index in [0.29, 0.717) is 32.1 Å². The highest BCUT2D eigenvalue weighted by atomic mass is 16.4. The zero-order valence-corrected chi connectivity index (χ0v) is 43.4. The summed E-state index contributed by atoms with van der Waals surface area (Å²) in [5.74, 6) is -8.33. The maximum atomic E-state index is 14.3. The van der Waals surface area contributed by atoms with Gasteiger partial charge in [0.05, 0.1) is 12.6 Å². The summed E-state index contributed by atoms with van der Waals surface area (Å²) in [7, 11) is 0. The minimum absolute atomic E-state index is 0.000329. The fourth-order valence-electron chi connectivity index (χ4n) is 6.97. The van der Waals surface area contributed by atoms with Crippen molar-refractivity contribution >= 4 is 71.2 Å². The molecule has 0 aromatic carbocycles. The van der Waals surface area contributed by atoms with E-state index in [2.05, 4.69) is 57.2 Å². The topological polar surface area (TPSA) is 551 Å². The number of aliphatic carboxylic acids is 1. The number of hydrogen-bond acceptors (Lipinski definition) is 14. The number of carbonyl (C=O) groups is 8. The van der Waals surface area contributed by atoms with Crippen LogP contribution >= 0.6 is 0 Å². The van der Waals surface area contributed by atoms with Gasteiger partial charge in [0.25, 0.3) is 0 Å². The highest BCUT2D eigenvalue weighted by Gasteiger charge is 2.36. The normalized spacial score (nSPS) is 14.5. The number of carboxylic acid groups (broad SMARTS) is 1. The summed E-state index contributed by atoms with van der Waals surface area (Å²) in [5, 5.41) is 28.2. The Morgan fingerprint density at radius 3 is 1.19 bits per heavy atom. The molecule has 422 valence electrons. The predicted octanol–water partition coefficient (Wildman–Crippen LogP) is -6.14. The number of unbranched alkanes of at least 4 members (excludes halogenated alkanes) is 1. The Morgan fingerprint density at radius 2 is 0.784 bits per heavy atom. The van der Waals surface area contributed by atoms with Gasteiger partial charge in [-0.3, -0.25) is 53.5 Å². The van der Waals surface area contributed by atoms with E-state index in [-0.39, 0.29) is 108 Å². The number of carbonyl (C=O) groups excluding carboxylic acids is 7. The second kappa shape index (κ2) is 37.5. The van der Waals surface area contributed by atoms with E-state index in [9.17, 15) is 43.5 Å². The molecule has 7 amide bonds. The minimum atomic E-state index is -1.37. The first-order valence-electron chi connectivity index (χ1n) is 24.9. The molecule has 0 aliphatic heterocycles. The third-order valence-electron chi connectivity index (χ3n) is 11.6. The van der Waals surface area contributed by atoms with Crippen molar-refractivity contribution in [2.24, 2.45) is 89.1 Å². The van der Waals surface area contributed by atoms with Crippen LogP contribution in [0.25, 0.3) is 0 Å². The van der Waals surface area contributed by atoms with Gasteiger partial charge >= 0.3 is 5.97 Å². The van der Waals surface area contributed by atoms with E-state index in [1.54, 1.807) is 27.7 Å². The molecule has 0 aliphatic carbocycles. The zero-order valence-electron chi connectivity index (χ0n) is 43.4. The summed E-state index contributed by atoms with van der Waals surface area (Å²) >= 11 is 0. The largest absolute Gasteiger partial charge is 0.480 e. The van der Waals surface area contributed by atoms with Crippen molar-refractivity contribution in [2.45, 2.75) is 153 Å². The molecule has 30 heteroatoms. The Balaban J connectivity index is 6.59. The number of rotatable bonds is 39. The monoisotopic (exact) mass is 1050 g/mol. The molecule has 0 heterocycles. The Bertz CT molecular complexity index is 1900. The molecule has 0 unspecified atom stereocenters. The molecular weight excluding hydrogens is 967 g/mol. The molecule has 30 nitrogen and oxygen atoms in total. The van der Waals surface area contributed by atoms with Gasteiger partial charge in [0.1, 0.15) is 36.3 Å². The van der Waals surface area contributed by atoms with Gasteiger partial charge in [-0.25, -0.2) is 4.79 Å². The van der Waals surface area contributed by atoms with E-state index in [1.165, 1.54) is 0 Å². The fraction of sp³-hybridized carbons (Fsp3) is 0.727. The van der Waals surface area contributed by atoms with Gasteiger partial charge in [-0.1, -0.05) is 40.5 Å². The Morgan fingerprint density at radius 1 is 0.446 bits per heavy atom. The van der Waals surface area contributed by atoms with Gasteiger partial charge in [0, 0.05) is 26.2 Å². The smallest absolute Gasteiger partial charge is 0.326 e. The first kappa shape index (κ1) is 66.8. The maximum absolute atomic E-state index is 14.3. The molecule has 0 saturated carbocycles. The number of carboxylic acids is 1. The molecule has 0 aliphatic rings. The second-order valence-corrected chi connectivity index (χ2v) is 17.8. The lowest BCUT2D eigenvalue weighted by Gasteiger charge is -2.31. The van der Waals surface area contributed by atoms with Crippen LogP contribution in [0.2, 0.25) is 0 Å². The third-order valence-corrected chi connectivity index (χ3v) is 11.6. The van der Waals surface area contributed by atoms with Crippen molar-refractivity contribution in [3.8, 4) is 0 Å². The average molecular weight is 1050 g/mol. The molecular formula is C44H87N21O9. The number of nitrogens with two attached hydrogens (primary N) is 10. The van der Waals surface area contributed by atoms with Crippen molar-refractivity contribution < 1.29 is 43.5 Å². The van der Waals surface area contributed by atoms with Crippen LogP contribution in [0.1, 0.15) is 111 Å². The number of nitrogens with zero attached hydrogens (tertiary/aromatic N) is 4. The number of aliphatic imine (C=N–C) groups is 4. The van der Waals surface area contributed by atoms with Crippen molar-refractivity contribution in [3.05, 3.63) is 0 Å². The molecule has 0 aromatic rings. The second-order valence-electron chi connectivity index (χ2n) is 17.8. The van der Waals surface area contributed by atoms with Crippen molar-refractivity contribution in [3.63, 3.8) is 0 Å². The highest BCUT2D eigenvalue weighted by Crippen LogP contribution is 2.15. The van der Waals surface area contributed by atoms with E-state index in [1.807, 2.05) is 0 Å². The predicted molar refractivity (Wildman–Crippen MR) is 282 cm³/mol. The van der Waals surface area contributed by atoms with Crippen LogP contribution in [-0.2, 0) is 38.4 Å². The number of nitrogens with one attached hydrogen (secondary N) is 7. The highest BCUT2D eigenvalue weighted by molar-refractivity contribution is 5.97. The van der Waals surface area contributed by atoms with Gasteiger partial charge in [-0.05, 0) is 89.0 Å². The summed E-state index contributed by atoms with van der Waals surface area (Å²) in [6.45, 7) is 7.22. The van der Waals surface area contributed by atoms with Crippen molar-refractivity contribution in [2.75, 3.05) is 39.3 Å². The van der Waals surface area contributed by atoms with Crippen LogP contribution in [0, 0.1) is 11.8 Å². The van der Waals surface area contributed by atoms with Crippen molar-refractivity contribution in [1.29, 1.82) is 0 Å². The van der Waals surface area contributed by atoms with Gasteiger partial charge in [-0.2, -0.15) is 0 Å². The molecule has 0 spiro atoms. The first-order chi connectivity index (χ1) is 34.9. The van der Waals surface area contributed by atoms with Gasteiger partial charge in [0.2, 0.25) is 41.4 Å². The van der Waals surface area contributed by atoms with Crippen LogP contribution in [0.5, 0.6) is 0 Å². The summed E-state index contributed by atoms with van der Waals surface area (Å²) in [4.78, 5) is 124. The lowest BCUT2D eigenvalue weighted by atomic mass is 9.94. The minimum Gasteiger partial charge on any atom is -0.480 e. The summed E-state index contributed by atoms with van der Waals surface area (Å²) in [5.41, 5.74) is 54.9. The van der Waals surface area contributed by atoms with E-state index in [4.69, 9.17) is 57.3 Å². The molecule has 0 radical (unpaired) electrons. The molecule has 0 fully saturated rings. The average Bonchev–Trinajstić information content (AvgIpc) is 3.33. The molecule has 0 aromatic heterocycles. The van der Waals surface area contributed by atoms with E-state index in [0.717, 1.165) is 0 Å². The SMILES string of the molecule is CC[C@H](C)[C@H](NC(=O)[C@H](CCCCN)NC(=O)[C@H](CCCN=C(N)N)NC(=O)CNC(=O)[C@@H](N)CCCN=C(N)N)C(=O)N[C@H](C(=O)N[C@@H](CCCN=C(N)N)C(=O)N[C@@H](CCCN=C(N)N)C(=O)O)[C@@H](C)CC. The fourth-order valence-corrected chi connectivity index (χ4v) is 6.97. The summed E-state index contributed by atoms with van der Waals surface area (Å²) < 4.78 is 0. The van der Waals surface area contributed by atoms with Crippen LogP contribution < -0.4 is 94.6 Å². The summed E-state index contributed by atoms with van der Waals surface area (Å²) in [6.07, 6.45) is 2.80. The van der Waals surface area contributed by atoms with Gasteiger partial charge in [0.15, 0.2) is 23.8 Å². The Hall–Kier alpha value is -7.24. The number of amides is 7. The molecule has 0 saturated heterocycles. The van der Waals surface area contributed by atoms with Gasteiger partial charge < -0.3 is 99.7 Å². The Kier molecular flexibility index (Phi) is 33.8. The standard InChI is InChI=1S/C44H87N21O9/c1-5-24(3)32(38(71)62-29(16-11-21-57-43(51)52)36(69)63-30(40(73)74)17-12-22-58-44(53)54)65-39(72)33(25(4)6-2)64-37(70)28(14-7-8-18-45)61-35(68)27(15-10-20-56-42(49)50)60-31(66)23-59-34(67)26(46)13-9-19-55-41(47)48/h24-30,32-33H,5-23,45-46H2,1-4H3,(H,59,67)(H,60,66)(H,61,68)(H,62,71)(H,63,69)(H,64,70)(H,65,72)(H,73,74)(H4,47,48,55)(H4,49,50,56)(H4,51,52,57)(H4,53,54,58)/t24-,25-,26-,27-,28-,29-,30-,32-,33-/m0/s1. The molecule has 0 bridgehead atoms. The zero-order chi connectivity index (χ0) is 56.3. The molecule has 28 N–H and O–H groups in total. The lowest BCUT2D eigenvalue weighted by Crippen LogP contribution is -2.61. The molecule has 9 atom stereocenters. The quantitative estimate of drug-likeness (QED) is 0.0155. The van der Waals surface area contributed by atoms with E-state index >= 15 is 0 Å². The van der Waals surface area contributed by atoms with Crippen LogP contribution in [0.3, 0.4) is 0 Å². The third kappa shape index (κ3) is 29.3. The maximum Gasteiger partial charge on any atom is 0.326 e. The number of hydrogen-bond donors (Lipinski definition) is 18. The van der Waals surface area contributed by atoms with Crippen molar-refractivity contribution in [1.82, 2.24) is 37.2 Å². The van der Waals surface area contributed by atoms with Crippen LogP contribution in [0.15, 0.2) is 20.0 Å². The van der Waals surface area contributed by atoms with E-state index < -0.39 is 108 Å². The summed E-state index contributed by atoms with van der Waals surface area (Å²) in [6, 6.07) is -8.68. The first-order valence-corrected chi connectivity index (χ1v) is 24.9. The van der Waals surface area contributed by atoms with Crippen LogP contribution in [0.4, 0.5) is 0 Å². The molecule has 0 rings (SSSR count). The van der Waals surface area contributed by atoms with Gasteiger partial charge in [-0.15, -0.1) is 0 Å². The van der Waals surface area contributed by atoms with Crippen LogP contribution in [-0.4, -0.2) is 158 Å².